The largest absolute Gasteiger partial charge is 0.364 e. The van der Waals surface area contributed by atoms with E-state index < -0.39 is 11.8 Å². The summed E-state index contributed by atoms with van der Waals surface area (Å²) in [5.74, 6) is -1.52. The van der Waals surface area contributed by atoms with Crippen molar-refractivity contribution in [3.05, 3.63) is 11.4 Å². The lowest BCUT2D eigenvalue weighted by molar-refractivity contribution is 0.0983. The number of hydrogen-bond donors (Lipinski definition) is 4. The minimum atomic E-state index is -0.801. The summed E-state index contributed by atoms with van der Waals surface area (Å²) in [6.07, 6.45) is 0. The van der Waals surface area contributed by atoms with Gasteiger partial charge in [0, 0.05) is 0 Å². The summed E-state index contributed by atoms with van der Waals surface area (Å²) in [5.41, 5.74) is 9.74. The number of nitrogens with zero attached hydrogens (tertiary/aromatic N) is 4. The molecule has 19 heavy (non-hydrogen) atoms. The van der Waals surface area contributed by atoms with Crippen LogP contribution in [0.15, 0.2) is 9.26 Å². The van der Waals surface area contributed by atoms with Crippen LogP contribution in [0, 0.1) is 0 Å². The molecule has 0 spiro atoms. The third-order valence-corrected chi connectivity index (χ3v) is 1.96. The van der Waals surface area contributed by atoms with Gasteiger partial charge in [0.1, 0.15) is 0 Å². The van der Waals surface area contributed by atoms with Crippen molar-refractivity contribution in [3.63, 3.8) is 0 Å². The van der Waals surface area contributed by atoms with Gasteiger partial charge in [-0.3, -0.25) is 9.59 Å². The fourth-order valence-corrected chi connectivity index (χ4v) is 1.14. The highest BCUT2D eigenvalue weighted by Crippen LogP contribution is 2.10. The standard InChI is InChI=1S/C7H8N8O4/c8-4(16)2-6(14-18-12-2)10-1-11-7-3(5(9)17)13-19-15-7/h1H2,(H2,8,16)(H2,9,17)(H,10,14)(H,11,15). The van der Waals surface area contributed by atoms with Crippen LogP contribution in [0.4, 0.5) is 11.6 Å². The molecule has 0 aliphatic rings. The van der Waals surface area contributed by atoms with Crippen LogP contribution in [-0.4, -0.2) is 39.1 Å². The molecule has 0 unspecified atom stereocenters. The van der Waals surface area contributed by atoms with Crippen molar-refractivity contribution < 1.29 is 18.8 Å². The second-order valence-electron chi connectivity index (χ2n) is 3.18. The predicted octanol–water partition coefficient (Wildman–Crippen LogP) is -1.87. The van der Waals surface area contributed by atoms with Gasteiger partial charge in [-0.05, 0) is 20.6 Å². The van der Waals surface area contributed by atoms with Crippen LogP contribution in [0.3, 0.4) is 0 Å². The molecule has 2 aromatic heterocycles. The molecule has 12 nitrogen and oxygen atoms in total. The molecule has 0 saturated carbocycles. The van der Waals surface area contributed by atoms with Crippen LogP contribution in [0.2, 0.25) is 0 Å². The average molecular weight is 268 g/mol. The molecule has 6 N–H and O–H groups in total. The fourth-order valence-electron chi connectivity index (χ4n) is 1.14. The molecule has 0 radical (unpaired) electrons. The van der Waals surface area contributed by atoms with E-state index in [9.17, 15) is 9.59 Å². The van der Waals surface area contributed by atoms with E-state index in [1.54, 1.807) is 0 Å². The van der Waals surface area contributed by atoms with Gasteiger partial charge in [0.15, 0.2) is 0 Å². The van der Waals surface area contributed by atoms with E-state index in [2.05, 4.69) is 40.5 Å². The lowest BCUT2D eigenvalue weighted by Gasteiger charge is -2.03. The first-order valence-electron chi connectivity index (χ1n) is 4.82. The Morgan fingerprint density at radius 3 is 1.68 bits per heavy atom. The van der Waals surface area contributed by atoms with E-state index in [1.165, 1.54) is 0 Å². The van der Waals surface area contributed by atoms with Crippen LogP contribution in [-0.2, 0) is 0 Å². The van der Waals surface area contributed by atoms with Crippen LogP contribution in [0.5, 0.6) is 0 Å². The topological polar surface area (TPSA) is 188 Å². The monoisotopic (exact) mass is 268 g/mol. The normalized spacial score (nSPS) is 10.1. The maximum atomic E-state index is 10.9. The second kappa shape index (κ2) is 4.99. The number of amides is 2. The minimum Gasteiger partial charge on any atom is -0.364 e. The first kappa shape index (κ1) is 12.3. The molecule has 2 heterocycles. The number of aromatic nitrogens is 4. The summed E-state index contributed by atoms with van der Waals surface area (Å²) in [6, 6.07) is 0. The van der Waals surface area contributed by atoms with Crippen LogP contribution >= 0.6 is 0 Å². The first-order chi connectivity index (χ1) is 9.09. The molecule has 0 aromatic carbocycles. The molecule has 2 aromatic rings. The molecule has 12 heteroatoms. The third kappa shape index (κ3) is 2.56. The van der Waals surface area contributed by atoms with Gasteiger partial charge >= 0.3 is 0 Å². The van der Waals surface area contributed by atoms with E-state index in [0.29, 0.717) is 0 Å². The number of hydrogen-bond acceptors (Lipinski definition) is 10. The zero-order valence-corrected chi connectivity index (χ0v) is 9.28. The number of anilines is 2. The zero-order valence-electron chi connectivity index (χ0n) is 9.28. The van der Waals surface area contributed by atoms with Gasteiger partial charge in [-0.1, -0.05) is 0 Å². The Morgan fingerprint density at radius 1 is 0.895 bits per heavy atom. The Labute approximate surface area is 104 Å². The first-order valence-corrected chi connectivity index (χ1v) is 4.82. The molecule has 0 saturated heterocycles. The van der Waals surface area contributed by atoms with Gasteiger partial charge in [0.2, 0.25) is 23.0 Å². The van der Waals surface area contributed by atoms with E-state index in [-0.39, 0.29) is 29.7 Å². The van der Waals surface area contributed by atoms with Gasteiger partial charge in [0.25, 0.3) is 11.8 Å². The predicted molar refractivity (Wildman–Crippen MR) is 57.7 cm³/mol. The Kier molecular flexibility index (Phi) is 3.22. The van der Waals surface area contributed by atoms with Crippen molar-refractivity contribution in [1.82, 2.24) is 20.6 Å². The van der Waals surface area contributed by atoms with Crippen LogP contribution in [0.1, 0.15) is 21.0 Å². The van der Waals surface area contributed by atoms with Crippen LogP contribution < -0.4 is 22.1 Å². The highest BCUT2D eigenvalue weighted by Gasteiger charge is 2.17. The van der Waals surface area contributed by atoms with Crippen molar-refractivity contribution in [2.45, 2.75) is 0 Å². The third-order valence-electron chi connectivity index (χ3n) is 1.96. The Bertz CT molecular complexity index is 552. The number of primary amides is 2. The summed E-state index contributed by atoms with van der Waals surface area (Å²) in [7, 11) is 0. The summed E-state index contributed by atoms with van der Waals surface area (Å²) in [5, 5.41) is 18.7. The Hall–Kier alpha value is -3.18. The Morgan fingerprint density at radius 2 is 1.32 bits per heavy atom. The molecule has 0 aliphatic heterocycles. The number of rotatable bonds is 6. The number of nitrogens with one attached hydrogen (secondary N) is 2. The molecule has 0 atom stereocenters. The number of carbonyl (C=O) groups excluding carboxylic acids is 2. The van der Waals surface area contributed by atoms with Gasteiger partial charge in [-0.2, -0.15) is 0 Å². The zero-order chi connectivity index (χ0) is 13.8. The lowest BCUT2D eigenvalue weighted by atomic mass is 10.4. The van der Waals surface area contributed by atoms with E-state index >= 15 is 0 Å². The quantitative estimate of drug-likeness (QED) is 0.432. The van der Waals surface area contributed by atoms with Crippen molar-refractivity contribution in [2.75, 3.05) is 17.3 Å². The fraction of sp³-hybridized carbons (Fsp3) is 0.143. The van der Waals surface area contributed by atoms with Crippen molar-refractivity contribution in [3.8, 4) is 0 Å². The van der Waals surface area contributed by atoms with Crippen molar-refractivity contribution in [2.24, 2.45) is 11.5 Å². The maximum Gasteiger partial charge on any atom is 0.274 e. The van der Waals surface area contributed by atoms with E-state index in [0.717, 1.165) is 0 Å². The number of nitrogens with two attached hydrogens (primary N) is 2. The van der Waals surface area contributed by atoms with E-state index in [1.807, 2.05) is 0 Å². The number of carbonyl (C=O) groups is 2. The molecular weight excluding hydrogens is 260 g/mol. The van der Waals surface area contributed by atoms with Crippen molar-refractivity contribution in [1.29, 1.82) is 0 Å². The van der Waals surface area contributed by atoms with Gasteiger partial charge in [-0.15, -0.1) is 0 Å². The lowest BCUT2D eigenvalue weighted by Crippen LogP contribution is -2.20. The Balaban J connectivity index is 1.97. The molecule has 100 valence electrons. The average Bonchev–Trinajstić information content (AvgIpc) is 2.96. The molecule has 0 aliphatic carbocycles. The highest BCUT2D eigenvalue weighted by molar-refractivity contribution is 5.95. The second-order valence-corrected chi connectivity index (χ2v) is 3.18. The maximum absolute atomic E-state index is 10.9. The van der Waals surface area contributed by atoms with E-state index in [4.69, 9.17) is 11.5 Å². The molecule has 2 rings (SSSR count). The molecule has 0 fully saturated rings. The minimum absolute atomic E-state index is 0.0169. The summed E-state index contributed by atoms with van der Waals surface area (Å²) < 4.78 is 8.69. The van der Waals surface area contributed by atoms with Gasteiger partial charge < -0.3 is 22.1 Å². The smallest absolute Gasteiger partial charge is 0.274 e. The summed E-state index contributed by atoms with van der Waals surface area (Å²) in [6.45, 7) is 0.0169. The summed E-state index contributed by atoms with van der Waals surface area (Å²) >= 11 is 0. The SMILES string of the molecule is NC(=O)c1nonc1NCNc1nonc1C(N)=O. The molecule has 0 bridgehead atoms. The summed E-state index contributed by atoms with van der Waals surface area (Å²) in [4.78, 5) is 21.8. The molecular formula is C7H8N8O4. The van der Waals surface area contributed by atoms with Crippen molar-refractivity contribution >= 4 is 23.5 Å². The van der Waals surface area contributed by atoms with Gasteiger partial charge in [-0.25, -0.2) is 9.26 Å². The van der Waals surface area contributed by atoms with Gasteiger partial charge in [0.05, 0.1) is 6.67 Å². The highest BCUT2D eigenvalue weighted by atomic mass is 16.6. The van der Waals surface area contributed by atoms with Crippen LogP contribution in [0.25, 0.3) is 0 Å². The molecule has 2 amide bonds.